The number of nitrogens with zero attached hydrogens (tertiary/aromatic N) is 3. The van der Waals surface area contributed by atoms with Gasteiger partial charge in [-0.05, 0) is 37.3 Å². The number of aromatic nitrogens is 2. The summed E-state index contributed by atoms with van der Waals surface area (Å²) in [6.45, 7) is 3.91. The van der Waals surface area contributed by atoms with E-state index in [0.29, 0.717) is 36.2 Å². The Morgan fingerprint density at radius 3 is 2.69 bits per heavy atom. The topological polar surface area (TPSA) is 84.6 Å². The van der Waals surface area contributed by atoms with E-state index in [2.05, 4.69) is 25.8 Å². The van der Waals surface area contributed by atoms with E-state index in [-0.39, 0.29) is 0 Å². The number of hydrogen-bond donors (Lipinski definition) is 2. The molecule has 0 radical (unpaired) electrons. The van der Waals surface area contributed by atoms with Crippen LogP contribution in [-0.2, 0) is 13.0 Å². The van der Waals surface area contributed by atoms with Crippen molar-refractivity contribution in [2.24, 2.45) is 4.99 Å². The molecule has 3 rings (SSSR count). The fourth-order valence-electron chi connectivity index (χ4n) is 2.70. The lowest BCUT2D eigenvalue weighted by Gasteiger charge is -2.11. The fraction of sp³-hybridized carbons (Fsp3) is 0.286. The Morgan fingerprint density at radius 1 is 1.14 bits per heavy atom. The van der Waals surface area contributed by atoms with Gasteiger partial charge in [-0.3, -0.25) is 0 Å². The van der Waals surface area contributed by atoms with Crippen LogP contribution in [0.1, 0.15) is 18.4 Å². The summed E-state index contributed by atoms with van der Waals surface area (Å²) >= 11 is 5.91. The van der Waals surface area contributed by atoms with Crippen LogP contribution in [0.5, 0.6) is 5.75 Å². The molecular formula is C21H24ClN5O2. The van der Waals surface area contributed by atoms with Crippen LogP contribution in [0.3, 0.4) is 0 Å². The summed E-state index contributed by atoms with van der Waals surface area (Å²) in [4.78, 5) is 9.05. The van der Waals surface area contributed by atoms with Gasteiger partial charge in [0, 0.05) is 35.7 Å². The van der Waals surface area contributed by atoms with Crippen molar-refractivity contribution in [2.75, 3.05) is 20.2 Å². The minimum Gasteiger partial charge on any atom is -0.496 e. The van der Waals surface area contributed by atoms with Gasteiger partial charge in [0.15, 0.2) is 5.96 Å². The van der Waals surface area contributed by atoms with Gasteiger partial charge < -0.3 is 19.9 Å². The normalized spacial score (nSPS) is 11.3. The molecule has 152 valence electrons. The van der Waals surface area contributed by atoms with E-state index in [4.69, 9.17) is 20.9 Å². The molecular weight excluding hydrogens is 390 g/mol. The number of ether oxygens (including phenoxy) is 1. The van der Waals surface area contributed by atoms with Gasteiger partial charge in [-0.2, -0.15) is 4.98 Å². The minimum absolute atomic E-state index is 0.515. The van der Waals surface area contributed by atoms with Crippen LogP contribution in [0.2, 0.25) is 5.02 Å². The first kappa shape index (κ1) is 20.7. The second-order valence-electron chi connectivity index (χ2n) is 6.20. The smallest absolute Gasteiger partial charge is 0.228 e. The largest absolute Gasteiger partial charge is 0.496 e. The average Bonchev–Trinajstić information content (AvgIpc) is 3.21. The first-order valence-corrected chi connectivity index (χ1v) is 9.80. The molecule has 2 N–H and O–H groups in total. The maximum atomic E-state index is 5.91. The predicted molar refractivity (Wildman–Crippen MR) is 114 cm³/mol. The molecule has 3 aromatic rings. The monoisotopic (exact) mass is 413 g/mol. The summed E-state index contributed by atoms with van der Waals surface area (Å²) in [7, 11) is 1.66. The maximum absolute atomic E-state index is 5.91. The Morgan fingerprint density at radius 2 is 1.93 bits per heavy atom. The quantitative estimate of drug-likeness (QED) is 0.432. The third-order valence-electron chi connectivity index (χ3n) is 4.15. The number of rotatable bonds is 8. The molecule has 0 aliphatic carbocycles. The Bertz CT molecular complexity index is 940. The van der Waals surface area contributed by atoms with Gasteiger partial charge in [0.1, 0.15) is 5.75 Å². The molecule has 0 aliphatic heterocycles. The highest BCUT2D eigenvalue weighted by atomic mass is 35.5. The van der Waals surface area contributed by atoms with Gasteiger partial charge >= 0.3 is 0 Å². The van der Waals surface area contributed by atoms with E-state index >= 15 is 0 Å². The first-order chi connectivity index (χ1) is 14.2. The molecule has 0 amide bonds. The number of guanidine groups is 1. The van der Waals surface area contributed by atoms with E-state index in [1.165, 1.54) is 0 Å². The molecule has 0 bridgehead atoms. The Balaban J connectivity index is 1.56. The zero-order valence-electron chi connectivity index (χ0n) is 16.5. The average molecular weight is 414 g/mol. The molecule has 0 spiro atoms. The van der Waals surface area contributed by atoms with E-state index in [9.17, 15) is 0 Å². The van der Waals surface area contributed by atoms with Gasteiger partial charge in [-0.25, -0.2) is 4.99 Å². The van der Waals surface area contributed by atoms with Crippen LogP contribution < -0.4 is 15.4 Å². The van der Waals surface area contributed by atoms with Crippen LogP contribution in [0.25, 0.3) is 11.4 Å². The molecule has 1 heterocycles. The molecule has 1 aromatic heterocycles. The van der Waals surface area contributed by atoms with Crippen molar-refractivity contribution in [1.82, 2.24) is 20.8 Å². The third-order valence-corrected chi connectivity index (χ3v) is 4.40. The van der Waals surface area contributed by atoms with Crippen molar-refractivity contribution in [3.8, 4) is 17.1 Å². The molecule has 0 unspecified atom stereocenters. The van der Waals surface area contributed by atoms with Crippen molar-refractivity contribution >= 4 is 17.6 Å². The van der Waals surface area contributed by atoms with Crippen molar-refractivity contribution in [3.63, 3.8) is 0 Å². The standard InChI is InChI=1S/C21H24ClN5O2/c1-3-23-21(25-14-16-6-4-5-7-18(16)28-2)24-13-12-19-26-20(27-29-19)15-8-10-17(22)11-9-15/h4-11H,3,12-14H2,1-2H3,(H2,23,24,25). The lowest BCUT2D eigenvalue weighted by molar-refractivity contribution is 0.378. The zero-order valence-corrected chi connectivity index (χ0v) is 17.2. The zero-order chi connectivity index (χ0) is 20.5. The van der Waals surface area contributed by atoms with E-state index in [0.717, 1.165) is 29.4 Å². The Labute approximate surface area is 175 Å². The number of halogens is 1. The van der Waals surface area contributed by atoms with Crippen LogP contribution in [0.4, 0.5) is 0 Å². The number of hydrogen-bond acceptors (Lipinski definition) is 5. The summed E-state index contributed by atoms with van der Waals surface area (Å²) < 4.78 is 10.7. The molecule has 8 heteroatoms. The molecule has 0 saturated heterocycles. The van der Waals surface area contributed by atoms with Crippen LogP contribution in [0.15, 0.2) is 58.0 Å². The van der Waals surface area contributed by atoms with Gasteiger partial charge in [-0.15, -0.1) is 0 Å². The summed E-state index contributed by atoms with van der Waals surface area (Å²) in [5, 5.41) is 11.2. The maximum Gasteiger partial charge on any atom is 0.228 e. The highest BCUT2D eigenvalue weighted by molar-refractivity contribution is 6.30. The summed E-state index contributed by atoms with van der Waals surface area (Å²) in [6.07, 6.45) is 0.583. The minimum atomic E-state index is 0.515. The van der Waals surface area contributed by atoms with Crippen molar-refractivity contribution < 1.29 is 9.26 Å². The summed E-state index contributed by atoms with van der Waals surface area (Å²) in [6, 6.07) is 15.2. The molecule has 0 aliphatic rings. The van der Waals surface area contributed by atoms with Crippen LogP contribution >= 0.6 is 11.6 Å². The van der Waals surface area contributed by atoms with Gasteiger partial charge in [0.2, 0.25) is 11.7 Å². The van der Waals surface area contributed by atoms with Crippen LogP contribution in [0, 0.1) is 0 Å². The third kappa shape index (κ3) is 5.96. The summed E-state index contributed by atoms with van der Waals surface area (Å²) in [5.41, 5.74) is 1.89. The van der Waals surface area contributed by atoms with Crippen molar-refractivity contribution in [2.45, 2.75) is 19.9 Å². The molecule has 29 heavy (non-hydrogen) atoms. The highest BCUT2D eigenvalue weighted by Gasteiger charge is 2.09. The van der Waals surface area contributed by atoms with E-state index in [1.807, 2.05) is 43.3 Å². The van der Waals surface area contributed by atoms with Gasteiger partial charge in [-0.1, -0.05) is 35.0 Å². The molecule has 2 aromatic carbocycles. The van der Waals surface area contributed by atoms with Crippen LogP contribution in [-0.4, -0.2) is 36.3 Å². The number of methoxy groups -OCH3 is 1. The Kier molecular flexibility index (Phi) is 7.47. The first-order valence-electron chi connectivity index (χ1n) is 9.42. The van der Waals surface area contributed by atoms with Gasteiger partial charge in [0.25, 0.3) is 0 Å². The molecule has 0 fully saturated rings. The number of benzene rings is 2. The highest BCUT2D eigenvalue weighted by Crippen LogP contribution is 2.19. The second-order valence-corrected chi connectivity index (χ2v) is 6.64. The fourth-order valence-corrected chi connectivity index (χ4v) is 2.83. The number of para-hydroxylation sites is 1. The van der Waals surface area contributed by atoms with Gasteiger partial charge in [0.05, 0.1) is 13.7 Å². The lowest BCUT2D eigenvalue weighted by Crippen LogP contribution is -2.38. The predicted octanol–water partition coefficient (Wildman–Crippen LogP) is 3.70. The lowest BCUT2D eigenvalue weighted by atomic mass is 10.2. The molecule has 0 atom stereocenters. The second kappa shape index (κ2) is 10.5. The number of aliphatic imine (C=N–C) groups is 1. The SMILES string of the molecule is CCNC(=NCc1ccccc1OC)NCCc1nc(-c2ccc(Cl)cc2)no1. The van der Waals surface area contributed by atoms with Crippen molar-refractivity contribution in [3.05, 3.63) is 65.0 Å². The van der Waals surface area contributed by atoms with Crippen molar-refractivity contribution in [1.29, 1.82) is 0 Å². The molecule has 7 nitrogen and oxygen atoms in total. The summed E-state index contributed by atoms with van der Waals surface area (Å²) in [5.74, 6) is 2.65. The molecule has 0 saturated carbocycles. The van der Waals surface area contributed by atoms with E-state index in [1.54, 1.807) is 19.2 Å². The Hall–Kier alpha value is -3.06. The number of nitrogens with one attached hydrogen (secondary N) is 2. The van der Waals surface area contributed by atoms with E-state index < -0.39 is 0 Å².